The summed E-state index contributed by atoms with van der Waals surface area (Å²) in [7, 11) is 1.79. The van der Waals surface area contributed by atoms with Gasteiger partial charge in [0.05, 0.1) is 29.0 Å². The van der Waals surface area contributed by atoms with Gasteiger partial charge in [0, 0.05) is 61.3 Å². The standard InChI is InChI=1S/C39H46F2N8/c1-25-9-7-6-8-10-31(21-44-42-5)37-18-32(15-26(2)45-37)27(3)46-39-47-36-12-11-30(19-38(36)49(39)22-25)28(4)48-23-35(24-48)43-14-13-29-16-33(40)20-34(41)17-29/h10-12,15-21,25,35,42-43H,3-4,6-9,13-14,22-24H2,1-2,5H3,(H,46,47)/b31-10-,44-21-/t25-/m1/s1. The number of fused-ring (bicyclic) bond motifs is 5. The molecule has 49 heavy (non-hydrogen) atoms. The molecule has 1 aromatic heterocycles. The van der Waals surface area contributed by atoms with Crippen LogP contribution in [0.15, 0.2) is 77.9 Å². The molecular formula is C39H46F2N8. The molecule has 3 aliphatic rings. The van der Waals surface area contributed by atoms with Crippen molar-refractivity contribution in [3.05, 3.63) is 107 Å². The van der Waals surface area contributed by atoms with Gasteiger partial charge in [-0.1, -0.05) is 38.6 Å². The largest absolute Gasteiger partial charge is 0.368 e. The number of likely N-dealkylation sites (tertiary alicyclic amines) is 1. The molecule has 3 N–H and O–H groups in total. The molecule has 1 fully saturated rings. The molecule has 8 nitrogen and oxygen atoms in total. The minimum Gasteiger partial charge on any atom is -0.368 e. The number of guanidine groups is 1. The summed E-state index contributed by atoms with van der Waals surface area (Å²) in [6, 6.07) is 14.5. The number of benzene rings is 2. The topological polar surface area (TPSA) is 80.2 Å². The van der Waals surface area contributed by atoms with Crippen LogP contribution in [-0.4, -0.2) is 61.3 Å². The Kier molecular flexibility index (Phi) is 10.5. The SMILES string of the molecule is C=C1/N=C2\Nc3ccc(C(=C)N4CC(NCCc5cc(F)cc(F)c5)C4)cc3N2C[C@H](C)CCCC/C=C(/C=N\NC)c2cc1cc(C)n2. The molecular weight excluding hydrogens is 618 g/mol. The Morgan fingerprint density at radius 3 is 2.65 bits per heavy atom. The second kappa shape index (κ2) is 15.2. The zero-order chi connectivity index (χ0) is 34.5. The Balaban J connectivity index is 1.18. The Morgan fingerprint density at radius 1 is 1.08 bits per heavy atom. The molecule has 3 aromatic rings. The third-order valence-electron chi connectivity index (χ3n) is 9.32. The van der Waals surface area contributed by atoms with Gasteiger partial charge in [0.1, 0.15) is 11.6 Å². The van der Waals surface area contributed by atoms with Crippen molar-refractivity contribution < 1.29 is 8.78 Å². The van der Waals surface area contributed by atoms with Crippen LogP contribution >= 0.6 is 0 Å². The number of nitrogens with one attached hydrogen (secondary N) is 3. The van der Waals surface area contributed by atoms with E-state index in [1.807, 2.05) is 25.3 Å². The van der Waals surface area contributed by atoms with Gasteiger partial charge < -0.3 is 25.9 Å². The maximum absolute atomic E-state index is 13.5. The van der Waals surface area contributed by atoms with Gasteiger partial charge in [0.15, 0.2) is 0 Å². The zero-order valence-electron chi connectivity index (χ0n) is 28.7. The Bertz CT molecular complexity index is 1790. The fourth-order valence-electron chi connectivity index (χ4n) is 6.63. The summed E-state index contributed by atoms with van der Waals surface area (Å²) in [6.07, 6.45) is 8.88. The lowest BCUT2D eigenvalue weighted by molar-refractivity contribution is 0.203. The van der Waals surface area contributed by atoms with E-state index in [1.54, 1.807) is 7.05 Å². The van der Waals surface area contributed by atoms with Crippen molar-refractivity contribution in [1.82, 2.24) is 20.6 Å². The fraction of sp³-hybridized carbons (Fsp3) is 0.359. The first-order chi connectivity index (χ1) is 23.7. The Hall–Kier alpha value is -4.83. The van der Waals surface area contributed by atoms with E-state index in [0.29, 0.717) is 36.2 Å². The molecule has 1 saturated heterocycles. The van der Waals surface area contributed by atoms with Crippen molar-refractivity contribution in [2.45, 2.75) is 52.0 Å². The van der Waals surface area contributed by atoms with E-state index in [2.05, 4.69) is 75.3 Å². The number of aromatic nitrogens is 1. The lowest BCUT2D eigenvalue weighted by Crippen LogP contribution is -2.57. The van der Waals surface area contributed by atoms with Gasteiger partial charge in [-0.15, -0.1) is 0 Å². The molecule has 1 atom stereocenters. The van der Waals surface area contributed by atoms with E-state index in [-0.39, 0.29) is 0 Å². The van der Waals surface area contributed by atoms with E-state index < -0.39 is 11.6 Å². The highest BCUT2D eigenvalue weighted by atomic mass is 19.1. The lowest BCUT2D eigenvalue weighted by atomic mass is 10.0. The number of halogens is 2. The van der Waals surface area contributed by atoms with Gasteiger partial charge in [-0.2, -0.15) is 5.10 Å². The van der Waals surface area contributed by atoms with Crippen LogP contribution in [0.4, 0.5) is 20.2 Å². The third kappa shape index (κ3) is 8.25. The molecule has 3 aliphatic heterocycles. The summed E-state index contributed by atoms with van der Waals surface area (Å²) < 4.78 is 27.1. The van der Waals surface area contributed by atoms with E-state index in [9.17, 15) is 8.78 Å². The highest BCUT2D eigenvalue weighted by Crippen LogP contribution is 2.38. The molecule has 6 rings (SSSR count). The number of hydrazone groups is 1. The van der Waals surface area contributed by atoms with Gasteiger partial charge >= 0.3 is 0 Å². The summed E-state index contributed by atoms with van der Waals surface area (Å²) in [4.78, 5) is 14.4. The van der Waals surface area contributed by atoms with Crippen LogP contribution in [0, 0.1) is 24.5 Å². The quantitative estimate of drug-likeness (QED) is 0.175. The smallest absolute Gasteiger partial charge is 0.208 e. The molecule has 0 saturated carbocycles. The van der Waals surface area contributed by atoms with Gasteiger partial charge in [0.25, 0.3) is 0 Å². The number of aryl methyl sites for hydroxylation is 1. The van der Waals surface area contributed by atoms with E-state index in [4.69, 9.17) is 9.98 Å². The van der Waals surface area contributed by atoms with Crippen LogP contribution in [0.5, 0.6) is 0 Å². The average molecular weight is 665 g/mol. The summed E-state index contributed by atoms with van der Waals surface area (Å²) >= 11 is 0. The summed E-state index contributed by atoms with van der Waals surface area (Å²) in [5.41, 5.74) is 11.9. The molecule has 0 amide bonds. The number of nitrogens with zero attached hydrogens (tertiary/aromatic N) is 5. The van der Waals surface area contributed by atoms with E-state index >= 15 is 0 Å². The second-order valence-corrected chi connectivity index (χ2v) is 13.3. The van der Waals surface area contributed by atoms with Crippen molar-refractivity contribution in [2.75, 3.05) is 43.4 Å². The van der Waals surface area contributed by atoms with E-state index in [0.717, 1.165) is 103 Å². The predicted molar refractivity (Wildman–Crippen MR) is 198 cm³/mol. The van der Waals surface area contributed by atoms with Crippen LogP contribution in [0.25, 0.3) is 17.0 Å². The van der Waals surface area contributed by atoms with Crippen molar-refractivity contribution in [1.29, 1.82) is 0 Å². The monoisotopic (exact) mass is 664 g/mol. The Labute approximate surface area is 288 Å². The third-order valence-corrected chi connectivity index (χ3v) is 9.32. The molecule has 0 radical (unpaired) electrons. The molecule has 2 aromatic carbocycles. The van der Waals surface area contributed by atoms with E-state index in [1.165, 1.54) is 12.1 Å². The van der Waals surface area contributed by atoms with Crippen LogP contribution < -0.4 is 21.0 Å². The minimum absolute atomic E-state index is 0.295. The van der Waals surface area contributed by atoms with Gasteiger partial charge in [-0.25, -0.2) is 13.8 Å². The molecule has 0 aliphatic carbocycles. The average Bonchev–Trinajstić information content (AvgIpc) is 3.37. The maximum Gasteiger partial charge on any atom is 0.208 e. The molecule has 0 unspecified atom stereocenters. The number of anilines is 2. The summed E-state index contributed by atoms with van der Waals surface area (Å²) in [5, 5.41) is 11.4. The molecule has 0 spiro atoms. The normalized spacial score (nSPS) is 20.6. The zero-order valence-corrected chi connectivity index (χ0v) is 28.7. The summed E-state index contributed by atoms with van der Waals surface area (Å²) in [6.45, 7) is 16.3. The molecule has 2 bridgehead atoms. The van der Waals surface area contributed by atoms with Crippen LogP contribution in [-0.2, 0) is 6.42 Å². The van der Waals surface area contributed by atoms with Crippen molar-refractivity contribution in [2.24, 2.45) is 16.0 Å². The van der Waals surface area contributed by atoms with Gasteiger partial charge in [-0.3, -0.25) is 4.98 Å². The first-order valence-electron chi connectivity index (χ1n) is 17.1. The number of hydrogen-bond donors (Lipinski definition) is 3. The molecule has 10 heteroatoms. The lowest BCUT2D eigenvalue weighted by Gasteiger charge is -2.42. The number of allylic oxidation sites excluding steroid dienone is 2. The molecule has 4 heterocycles. The van der Waals surface area contributed by atoms with Crippen molar-refractivity contribution in [3.8, 4) is 0 Å². The highest BCUT2D eigenvalue weighted by molar-refractivity contribution is 6.16. The van der Waals surface area contributed by atoms with Gasteiger partial charge in [0.2, 0.25) is 5.96 Å². The minimum atomic E-state index is -0.539. The second-order valence-electron chi connectivity index (χ2n) is 13.3. The maximum atomic E-state index is 13.5. The van der Waals surface area contributed by atoms with Crippen LogP contribution in [0.3, 0.4) is 0 Å². The Morgan fingerprint density at radius 2 is 1.88 bits per heavy atom. The van der Waals surface area contributed by atoms with Crippen LogP contribution in [0.2, 0.25) is 0 Å². The van der Waals surface area contributed by atoms with Gasteiger partial charge in [-0.05, 0) is 92.6 Å². The van der Waals surface area contributed by atoms with Crippen molar-refractivity contribution >= 4 is 40.5 Å². The predicted octanol–water partition coefficient (Wildman–Crippen LogP) is 7.21. The molecule has 256 valence electrons. The summed E-state index contributed by atoms with van der Waals surface area (Å²) in [5.74, 6) is 0.123. The highest BCUT2D eigenvalue weighted by Gasteiger charge is 2.31. The first kappa shape index (κ1) is 34.0. The first-order valence-corrected chi connectivity index (χ1v) is 17.1. The number of aliphatic imine (C=N–C) groups is 1. The number of hydrogen-bond acceptors (Lipinski definition) is 8. The fourth-order valence-corrected chi connectivity index (χ4v) is 6.63. The number of rotatable bonds is 8. The van der Waals surface area contributed by atoms with Crippen molar-refractivity contribution in [3.63, 3.8) is 0 Å². The van der Waals surface area contributed by atoms with Crippen LogP contribution in [0.1, 0.15) is 60.7 Å². The number of pyridine rings is 1.